The van der Waals surface area contributed by atoms with E-state index in [4.69, 9.17) is 0 Å². The van der Waals surface area contributed by atoms with Crippen LogP contribution in [-0.4, -0.2) is 89.0 Å². The van der Waals surface area contributed by atoms with Crippen LogP contribution < -0.4 is 5.32 Å². The number of rotatable bonds is 5. The van der Waals surface area contributed by atoms with E-state index in [2.05, 4.69) is 26.7 Å². The maximum absolute atomic E-state index is 13.8. The van der Waals surface area contributed by atoms with Gasteiger partial charge in [-0.05, 0) is 38.9 Å². The molecule has 32 heavy (non-hydrogen) atoms. The number of fused-ring (bicyclic) bond motifs is 3. The molecule has 1 N–H and O–H groups in total. The molecule has 0 spiro atoms. The highest BCUT2D eigenvalue weighted by atomic mass is 16.2. The summed E-state index contributed by atoms with van der Waals surface area (Å²) in [6, 6.07) is 10.3. The molecule has 1 saturated carbocycles. The molecule has 2 amide bonds. The molecule has 1 aromatic heterocycles. The van der Waals surface area contributed by atoms with Crippen molar-refractivity contribution in [3.05, 3.63) is 36.0 Å². The van der Waals surface area contributed by atoms with E-state index in [1.54, 1.807) is 0 Å². The molecule has 2 fully saturated rings. The molecule has 1 aromatic carbocycles. The third-order valence-corrected chi connectivity index (χ3v) is 7.75. The smallest absolute Gasteiger partial charge is 0.271 e. The van der Waals surface area contributed by atoms with Gasteiger partial charge in [0.2, 0.25) is 5.91 Å². The molecule has 3 heterocycles. The summed E-state index contributed by atoms with van der Waals surface area (Å²) in [6.07, 6.45) is 4.41. The van der Waals surface area contributed by atoms with Gasteiger partial charge in [-0.3, -0.25) is 14.5 Å². The molecule has 7 heteroatoms. The van der Waals surface area contributed by atoms with Crippen LogP contribution in [0, 0.1) is 0 Å². The van der Waals surface area contributed by atoms with Crippen LogP contribution in [0.2, 0.25) is 0 Å². The number of likely N-dealkylation sites (N-methyl/N-ethyl adjacent to an activating group) is 1. The van der Waals surface area contributed by atoms with Crippen molar-refractivity contribution in [2.24, 2.45) is 0 Å². The Balaban J connectivity index is 1.44. The average molecular weight is 438 g/mol. The van der Waals surface area contributed by atoms with E-state index in [1.807, 2.05) is 42.2 Å². The second-order valence-electron chi connectivity index (χ2n) is 10.0. The number of nitrogens with one attached hydrogen (secondary N) is 1. The molecule has 1 atom stereocenters. The maximum Gasteiger partial charge on any atom is 0.271 e. The summed E-state index contributed by atoms with van der Waals surface area (Å²) in [5.41, 5.74) is 0.811. The molecule has 172 valence electrons. The molecule has 7 nitrogen and oxygen atoms in total. The Morgan fingerprint density at radius 1 is 1.09 bits per heavy atom. The first-order chi connectivity index (χ1) is 15.5. The van der Waals surface area contributed by atoms with Gasteiger partial charge in [0.25, 0.3) is 5.91 Å². The Morgan fingerprint density at radius 2 is 1.81 bits per heavy atom. The van der Waals surface area contributed by atoms with E-state index >= 15 is 0 Å². The lowest BCUT2D eigenvalue weighted by atomic mass is 9.94. The summed E-state index contributed by atoms with van der Waals surface area (Å²) in [4.78, 5) is 34.0. The second-order valence-corrected chi connectivity index (χ2v) is 10.0. The number of benzene rings is 1. The number of carbonyl (C=O) groups is 2. The Morgan fingerprint density at radius 3 is 2.56 bits per heavy atom. The first kappa shape index (κ1) is 21.5. The van der Waals surface area contributed by atoms with Gasteiger partial charge in [-0.15, -0.1) is 0 Å². The van der Waals surface area contributed by atoms with Gasteiger partial charge in [0.15, 0.2) is 0 Å². The fraction of sp³-hybridized carbons (Fsp3) is 0.600. The Kier molecular flexibility index (Phi) is 5.72. The topological polar surface area (TPSA) is 60.8 Å². The lowest BCUT2D eigenvalue weighted by Gasteiger charge is -2.45. The van der Waals surface area contributed by atoms with Gasteiger partial charge in [-0.1, -0.05) is 31.0 Å². The van der Waals surface area contributed by atoms with Crippen molar-refractivity contribution in [1.82, 2.24) is 24.6 Å². The van der Waals surface area contributed by atoms with E-state index < -0.39 is 5.54 Å². The van der Waals surface area contributed by atoms with Crippen molar-refractivity contribution in [3.63, 3.8) is 0 Å². The summed E-state index contributed by atoms with van der Waals surface area (Å²) in [6.45, 7) is 7.90. The predicted molar refractivity (Wildman–Crippen MR) is 126 cm³/mol. The van der Waals surface area contributed by atoms with Gasteiger partial charge in [0, 0.05) is 56.2 Å². The van der Waals surface area contributed by atoms with Crippen LogP contribution in [0.3, 0.4) is 0 Å². The largest absolute Gasteiger partial charge is 0.351 e. The first-order valence-corrected chi connectivity index (χ1v) is 12.1. The second kappa shape index (κ2) is 8.52. The highest BCUT2D eigenvalue weighted by Crippen LogP contribution is 2.33. The molecule has 2 aliphatic heterocycles. The molecule has 0 unspecified atom stereocenters. The van der Waals surface area contributed by atoms with E-state index in [1.165, 1.54) is 12.8 Å². The molecule has 1 saturated heterocycles. The summed E-state index contributed by atoms with van der Waals surface area (Å²) < 4.78 is 2.05. The number of aromatic nitrogens is 1. The Hall–Kier alpha value is -2.38. The highest BCUT2D eigenvalue weighted by Gasteiger charge is 2.48. The van der Waals surface area contributed by atoms with Crippen LogP contribution >= 0.6 is 0 Å². The number of nitrogens with zero attached hydrogens (tertiary/aromatic N) is 4. The van der Waals surface area contributed by atoms with Crippen molar-refractivity contribution >= 4 is 22.7 Å². The zero-order chi connectivity index (χ0) is 22.3. The third kappa shape index (κ3) is 3.82. The summed E-state index contributed by atoms with van der Waals surface area (Å²) in [5.74, 6) is -0.0507. The minimum absolute atomic E-state index is 0.0143. The van der Waals surface area contributed by atoms with Crippen LogP contribution in [-0.2, 0) is 11.3 Å². The number of hydrogen-bond donors (Lipinski definition) is 1. The van der Waals surface area contributed by atoms with Gasteiger partial charge < -0.3 is 19.7 Å². The van der Waals surface area contributed by atoms with Crippen LogP contribution in [0.5, 0.6) is 0 Å². The minimum atomic E-state index is -0.902. The number of carbonyl (C=O) groups excluding carboxylic acids is 2. The summed E-state index contributed by atoms with van der Waals surface area (Å²) in [7, 11) is 2.15. The lowest BCUT2D eigenvalue weighted by molar-refractivity contribution is -0.133. The molecular formula is C25H35N5O2. The van der Waals surface area contributed by atoms with Crippen LogP contribution in [0.25, 0.3) is 10.9 Å². The van der Waals surface area contributed by atoms with Gasteiger partial charge in [-0.2, -0.15) is 0 Å². The SMILES string of the molecule is CN1CCN(CCN2C(=O)c3cc4ccccc4n3C[C@]2(C)C(=O)NC2CCCC2)CC1. The zero-order valence-electron chi connectivity index (χ0n) is 19.3. The fourth-order valence-corrected chi connectivity index (χ4v) is 5.58. The first-order valence-electron chi connectivity index (χ1n) is 12.1. The summed E-state index contributed by atoms with van der Waals surface area (Å²) >= 11 is 0. The molecule has 5 rings (SSSR count). The third-order valence-electron chi connectivity index (χ3n) is 7.75. The van der Waals surface area contributed by atoms with Crippen LogP contribution in [0.1, 0.15) is 43.1 Å². The van der Waals surface area contributed by atoms with E-state index in [0.717, 1.165) is 56.5 Å². The summed E-state index contributed by atoms with van der Waals surface area (Å²) in [5, 5.41) is 4.34. The average Bonchev–Trinajstić information content (AvgIpc) is 3.43. The van der Waals surface area contributed by atoms with E-state index in [-0.39, 0.29) is 17.9 Å². The molecule has 2 aromatic rings. The maximum atomic E-state index is 13.8. The molecule has 0 radical (unpaired) electrons. The monoisotopic (exact) mass is 437 g/mol. The van der Waals surface area contributed by atoms with Crippen molar-refractivity contribution in [2.45, 2.75) is 50.7 Å². The number of piperazine rings is 1. The van der Waals surface area contributed by atoms with Crippen LogP contribution in [0.4, 0.5) is 0 Å². The fourth-order valence-electron chi connectivity index (χ4n) is 5.58. The molecule has 1 aliphatic carbocycles. The van der Waals surface area contributed by atoms with Crippen molar-refractivity contribution < 1.29 is 9.59 Å². The van der Waals surface area contributed by atoms with Crippen LogP contribution in [0.15, 0.2) is 30.3 Å². The molecular weight excluding hydrogens is 402 g/mol. The Bertz CT molecular complexity index is 1000. The zero-order valence-corrected chi connectivity index (χ0v) is 19.3. The van der Waals surface area contributed by atoms with Gasteiger partial charge in [0.1, 0.15) is 11.2 Å². The van der Waals surface area contributed by atoms with E-state index in [0.29, 0.717) is 18.8 Å². The van der Waals surface area contributed by atoms with E-state index in [9.17, 15) is 9.59 Å². The predicted octanol–water partition coefficient (Wildman–Crippen LogP) is 2.16. The standard InChI is InChI=1S/C25H35N5O2/c1-25(24(32)26-20-8-4-5-9-20)18-29-21-10-6-3-7-19(21)17-22(29)23(31)30(25)16-15-28-13-11-27(2)12-14-28/h3,6-7,10,17,20H,4-5,8-9,11-16,18H2,1-2H3,(H,26,32)/t25-/m1/s1. The van der Waals surface area contributed by atoms with Gasteiger partial charge in [0.05, 0.1) is 6.54 Å². The highest BCUT2D eigenvalue weighted by molar-refractivity contribution is 6.03. The lowest BCUT2D eigenvalue weighted by Crippen LogP contribution is -2.65. The number of para-hydroxylation sites is 1. The molecule has 0 bridgehead atoms. The molecule has 3 aliphatic rings. The van der Waals surface area contributed by atoms with Crippen molar-refractivity contribution in [2.75, 3.05) is 46.3 Å². The number of amides is 2. The quantitative estimate of drug-likeness (QED) is 0.779. The van der Waals surface area contributed by atoms with Crippen molar-refractivity contribution in [3.8, 4) is 0 Å². The van der Waals surface area contributed by atoms with Crippen molar-refractivity contribution in [1.29, 1.82) is 0 Å². The minimum Gasteiger partial charge on any atom is -0.351 e. The van der Waals surface area contributed by atoms with Gasteiger partial charge in [-0.25, -0.2) is 0 Å². The van der Waals surface area contributed by atoms with Gasteiger partial charge >= 0.3 is 0 Å². The Labute approximate surface area is 190 Å². The normalized spacial score (nSPS) is 25.4. The number of hydrogen-bond acceptors (Lipinski definition) is 4.